The van der Waals surface area contributed by atoms with Gasteiger partial charge < -0.3 is 14.0 Å². The standard InChI is InChI=1S/C21H20N4O4S/c1-4-25-20(26)16-7-5-6-8-17(16)22-21(25)30-12-18-23-19(24-29-18)13-9-14(27-2)11-15(10-13)28-3/h5-11H,4,12H2,1-3H3. The minimum Gasteiger partial charge on any atom is -0.497 e. The van der Waals surface area contributed by atoms with Gasteiger partial charge >= 0.3 is 0 Å². The molecule has 0 aliphatic heterocycles. The quantitative estimate of drug-likeness (QED) is 0.327. The fourth-order valence-electron chi connectivity index (χ4n) is 3.03. The lowest BCUT2D eigenvalue weighted by Gasteiger charge is -2.10. The Kier molecular flexibility index (Phi) is 5.71. The largest absolute Gasteiger partial charge is 0.497 e. The van der Waals surface area contributed by atoms with Gasteiger partial charge in [-0.25, -0.2) is 4.98 Å². The Morgan fingerprint density at radius 3 is 2.50 bits per heavy atom. The summed E-state index contributed by atoms with van der Waals surface area (Å²) in [5.74, 6) is 2.53. The zero-order valence-electron chi connectivity index (χ0n) is 16.8. The first-order valence-corrected chi connectivity index (χ1v) is 10.3. The second kappa shape index (κ2) is 8.58. The molecule has 30 heavy (non-hydrogen) atoms. The normalized spacial score (nSPS) is 11.0. The van der Waals surface area contributed by atoms with Crippen LogP contribution in [0.2, 0.25) is 0 Å². The van der Waals surface area contributed by atoms with E-state index in [0.29, 0.717) is 51.6 Å². The van der Waals surface area contributed by atoms with Crippen LogP contribution in [0.5, 0.6) is 11.5 Å². The Bertz CT molecular complexity index is 1230. The van der Waals surface area contributed by atoms with E-state index < -0.39 is 0 Å². The number of thioether (sulfide) groups is 1. The maximum absolute atomic E-state index is 12.7. The van der Waals surface area contributed by atoms with Crippen LogP contribution in [0.4, 0.5) is 0 Å². The first-order valence-electron chi connectivity index (χ1n) is 9.31. The second-order valence-corrected chi connectivity index (χ2v) is 7.31. The number of ether oxygens (including phenoxy) is 2. The van der Waals surface area contributed by atoms with Gasteiger partial charge in [-0.05, 0) is 31.2 Å². The van der Waals surface area contributed by atoms with Crippen LogP contribution in [0, 0.1) is 0 Å². The molecule has 4 rings (SSSR count). The molecule has 2 aromatic heterocycles. The zero-order valence-corrected chi connectivity index (χ0v) is 17.6. The third-order valence-electron chi connectivity index (χ3n) is 4.55. The minimum atomic E-state index is -0.0553. The molecule has 0 radical (unpaired) electrons. The molecule has 0 N–H and O–H groups in total. The number of benzene rings is 2. The molecule has 0 saturated heterocycles. The first-order chi connectivity index (χ1) is 14.6. The molecule has 4 aromatic rings. The van der Waals surface area contributed by atoms with E-state index in [4.69, 9.17) is 14.0 Å². The van der Waals surface area contributed by atoms with Gasteiger partial charge in [-0.1, -0.05) is 29.1 Å². The number of nitrogens with zero attached hydrogens (tertiary/aromatic N) is 4. The molecule has 9 heteroatoms. The van der Waals surface area contributed by atoms with E-state index in [9.17, 15) is 4.79 Å². The summed E-state index contributed by atoms with van der Waals surface area (Å²) >= 11 is 1.38. The molecule has 2 aromatic carbocycles. The van der Waals surface area contributed by atoms with Crippen molar-refractivity contribution in [3.8, 4) is 22.9 Å². The average molecular weight is 424 g/mol. The van der Waals surface area contributed by atoms with Gasteiger partial charge in [-0.15, -0.1) is 0 Å². The highest BCUT2D eigenvalue weighted by Gasteiger charge is 2.15. The number of hydrogen-bond donors (Lipinski definition) is 0. The van der Waals surface area contributed by atoms with Gasteiger partial charge in [-0.3, -0.25) is 9.36 Å². The maximum Gasteiger partial charge on any atom is 0.262 e. The summed E-state index contributed by atoms with van der Waals surface area (Å²) in [5.41, 5.74) is 1.34. The zero-order chi connectivity index (χ0) is 21.1. The second-order valence-electron chi connectivity index (χ2n) is 6.36. The van der Waals surface area contributed by atoms with Gasteiger partial charge in [0.2, 0.25) is 11.7 Å². The average Bonchev–Trinajstić information content (AvgIpc) is 3.26. The Balaban J connectivity index is 1.59. The van der Waals surface area contributed by atoms with E-state index in [1.165, 1.54) is 11.8 Å². The molecule has 2 heterocycles. The topological polar surface area (TPSA) is 92.3 Å². The number of hydrogen-bond acceptors (Lipinski definition) is 8. The van der Waals surface area contributed by atoms with E-state index in [2.05, 4.69) is 15.1 Å². The molecule has 0 fully saturated rings. The fraction of sp³-hybridized carbons (Fsp3) is 0.238. The predicted molar refractivity (Wildman–Crippen MR) is 114 cm³/mol. The van der Waals surface area contributed by atoms with Crippen LogP contribution >= 0.6 is 11.8 Å². The SMILES string of the molecule is CCn1c(SCc2nc(-c3cc(OC)cc(OC)c3)no2)nc2ccccc2c1=O. The van der Waals surface area contributed by atoms with Crippen molar-refractivity contribution in [2.75, 3.05) is 14.2 Å². The number of rotatable bonds is 7. The molecule has 8 nitrogen and oxygen atoms in total. The monoisotopic (exact) mass is 424 g/mol. The molecular formula is C21H20N4O4S. The van der Waals surface area contributed by atoms with Crippen molar-refractivity contribution < 1.29 is 14.0 Å². The highest BCUT2D eigenvalue weighted by atomic mass is 32.2. The first kappa shape index (κ1) is 20.0. The van der Waals surface area contributed by atoms with E-state index in [1.54, 1.807) is 30.9 Å². The number of methoxy groups -OCH3 is 2. The van der Waals surface area contributed by atoms with Crippen molar-refractivity contribution in [1.29, 1.82) is 0 Å². The van der Waals surface area contributed by atoms with Crippen LogP contribution in [0.3, 0.4) is 0 Å². The molecule has 0 atom stereocenters. The fourth-order valence-corrected chi connectivity index (χ4v) is 3.93. The third kappa shape index (κ3) is 3.88. The summed E-state index contributed by atoms with van der Waals surface area (Å²) in [5, 5.41) is 5.28. The summed E-state index contributed by atoms with van der Waals surface area (Å²) in [6, 6.07) is 12.7. The van der Waals surface area contributed by atoms with Crippen LogP contribution in [0.15, 0.2) is 56.9 Å². The van der Waals surface area contributed by atoms with Crippen molar-refractivity contribution in [1.82, 2.24) is 19.7 Å². The lowest BCUT2D eigenvalue weighted by molar-refractivity contribution is 0.390. The van der Waals surface area contributed by atoms with Crippen molar-refractivity contribution in [2.24, 2.45) is 0 Å². The van der Waals surface area contributed by atoms with Gasteiger partial charge in [-0.2, -0.15) is 4.98 Å². The summed E-state index contributed by atoms with van der Waals surface area (Å²) in [6.45, 7) is 2.45. The van der Waals surface area contributed by atoms with Crippen molar-refractivity contribution in [3.05, 3.63) is 58.7 Å². The van der Waals surface area contributed by atoms with E-state index in [-0.39, 0.29) is 5.56 Å². The third-order valence-corrected chi connectivity index (χ3v) is 5.51. The Hall–Kier alpha value is -3.33. The van der Waals surface area contributed by atoms with Crippen LogP contribution in [0.1, 0.15) is 12.8 Å². The highest BCUT2D eigenvalue weighted by molar-refractivity contribution is 7.98. The molecule has 0 bridgehead atoms. The Labute approximate surface area is 176 Å². The number of para-hydroxylation sites is 1. The molecule has 154 valence electrons. The molecule has 0 saturated carbocycles. The smallest absolute Gasteiger partial charge is 0.262 e. The number of aromatic nitrogens is 4. The molecule has 0 spiro atoms. The van der Waals surface area contributed by atoms with Crippen molar-refractivity contribution >= 4 is 22.7 Å². The molecule has 0 aliphatic rings. The van der Waals surface area contributed by atoms with E-state index in [1.807, 2.05) is 37.3 Å². The minimum absolute atomic E-state index is 0.0553. The Morgan fingerprint density at radius 2 is 1.80 bits per heavy atom. The summed E-state index contributed by atoms with van der Waals surface area (Å²) in [4.78, 5) is 21.8. The van der Waals surface area contributed by atoms with Gasteiger partial charge in [0.1, 0.15) is 11.5 Å². The lowest BCUT2D eigenvalue weighted by Crippen LogP contribution is -2.22. The summed E-state index contributed by atoms with van der Waals surface area (Å²) in [6.07, 6.45) is 0. The summed E-state index contributed by atoms with van der Waals surface area (Å²) in [7, 11) is 3.17. The van der Waals surface area contributed by atoms with Gasteiger partial charge in [0.05, 0.1) is 30.9 Å². The van der Waals surface area contributed by atoms with E-state index in [0.717, 1.165) is 5.56 Å². The number of fused-ring (bicyclic) bond motifs is 1. The Morgan fingerprint density at radius 1 is 1.07 bits per heavy atom. The van der Waals surface area contributed by atoms with Gasteiger partial charge in [0.15, 0.2) is 5.16 Å². The molecule has 0 aliphatic carbocycles. The highest BCUT2D eigenvalue weighted by Crippen LogP contribution is 2.29. The van der Waals surface area contributed by atoms with E-state index >= 15 is 0 Å². The maximum atomic E-state index is 12.7. The lowest BCUT2D eigenvalue weighted by atomic mass is 10.2. The van der Waals surface area contributed by atoms with Crippen LogP contribution in [-0.4, -0.2) is 33.9 Å². The predicted octanol–water partition coefficient (Wildman–Crippen LogP) is 3.78. The van der Waals surface area contributed by atoms with Crippen LogP contribution < -0.4 is 15.0 Å². The van der Waals surface area contributed by atoms with Crippen molar-refractivity contribution in [2.45, 2.75) is 24.4 Å². The van der Waals surface area contributed by atoms with Crippen LogP contribution in [0.25, 0.3) is 22.3 Å². The molecule has 0 unspecified atom stereocenters. The van der Waals surface area contributed by atoms with Crippen molar-refractivity contribution in [3.63, 3.8) is 0 Å². The summed E-state index contributed by atoms with van der Waals surface area (Å²) < 4.78 is 17.6. The molecule has 0 amide bonds. The van der Waals surface area contributed by atoms with Gasteiger partial charge in [0, 0.05) is 18.2 Å². The molecular weight excluding hydrogens is 404 g/mol. The van der Waals surface area contributed by atoms with Gasteiger partial charge in [0.25, 0.3) is 5.56 Å². The van der Waals surface area contributed by atoms with Crippen LogP contribution in [-0.2, 0) is 12.3 Å².